The molecule has 2 aliphatic heterocycles. The molecule has 2 saturated heterocycles. The third-order valence-electron chi connectivity index (χ3n) is 7.24. The Bertz CT molecular complexity index is 1210. The monoisotopic (exact) mass is 517 g/mol. The van der Waals surface area contributed by atoms with E-state index in [1.807, 2.05) is 62.9 Å². The van der Waals surface area contributed by atoms with Gasteiger partial charge in [-0.25, -0.2) is 4.79 Å². The molecule has 0 spiro atoms. The van der Waals surface area contributed by atoms with Gasteiger partial charge in [0, 0.05) is 56.6 Å². The minimum Gasteiger partial charge on any atom is -0.444 e. The van der Waals surface area contributed by atoms with Crippen LogP contribution in [-0.4, -0.2) is 72.7 Å². The van der Waals surface area contributed by atoms with E-state index in [2.05, 4.69) is 29.3 Å². The molecule has 0 atom stereocenters. The quantitative estimate of drug-likeness (QED) is 0.617. The van der Waals surface area contributed by atoms with E-state index in [0.717, 1.165) is 48.4 Å². The maximum atomic E-state index is 13.5. The Morgan fingerprint density at radius 2 is 1.58 bits per heavy atom. The summed E-state index contributed by atoms with van der Waals surface area (Å²) in [5.41, 5.74) is 4.93. The summed E-state index contributed by atoms with van der Waals surface area (Å²) in [5.74, 6) is -0.00248. The molecule has 4 rings (SSSR count). The predicted octanol–water partition coefficient (Wildman–Crippen LogP) is 4.95. The summed E-state index contributed by atoms with van der Waals surface area (Å²) in [5, 5.41) is 13.1. The predicted molar refractivity (Wildman–Crippen MR) is 150 cm³/mol. The Morgan fingerprint density at radius 3 is 2.21 bits per heavy atom. The summed E-state index contributed by atoms with van der Waals surface area (Å²) in [6.45, 7) is 13.2. The number of piperidine rings is 1. The number of nitriles is 1. The molecule has 8 nitrogen and oxygen atoms in total. The second-order valence-corrected chi connectivity index (χ2v) is 11.3. The molecular weight excluding hydrogens is 478 g/mol. The fraction of sp³-hybridized carbons (Fsp3) is 0.500. The summed E-state index contributed by atoms with van der Waals surface area (Å²) in [6, 6.07) is 14.4. The highest BCUT2D eigenvalue weighted by Gasteiger charge is 2.29. The van der Waals surface area contributed by atoms with Crippen LogP contribution in [0.15, 0.2) is 36.4 Å². The van der Waals surface area contributed by atoms with Gasteiger partial charge < -0.3 is 24.8 Å². The maximum Gasteiger partial charge on any atom is 0.410 e. The number of hydrogen-bond donors (Lipinski definition) is 1. The van der Waals surface area contributed by atoms with Crippen LogP contribution in [-0.2, 0) is 4.74 Å². The molecule has 0 aromatic heterocycles. The second kappa shape index (κ2) is 11.3. The van der Waals surface area contributed by atoms with E-state index in [0.29, 0.717) is 43.3 Å². The lowest BCUT2D eigenvalue weighted by Crippen LogP contribution is -2.51. The second-order valence-electron chi connectivity index (χ2n) is 11.3. The zero-order chi connectivity index (χ0) is 27.4. The van der Waals surface area contributed by atoms with Crippen molar-refractivity contribution in [2.45, 2.75) is 59.1 Å². The first-order chi connectivity index (χ1) is 18.1. The molecule has 2 aromatic rings. The van der Waals surface area contributed by atoms with E-state index in [4.69, 9.17) is 4.74 Å². The fourth-order valence-electron chi connectivity index (χ4n) is 5.16. The number of anilines is 2. The van der Waals surface area contributed by atoms with Crippen molar-refractivity contribution in [3.05, 3.63) is 58.7 Å². The summed E-state index contributed by atoms with van der Waals surface area (Å²) >= 11 is 0. The van der Waals surface area contributed by atoms with Crippen LogP contribution >= 0.6 is 0 Å². The molecule has 2 heterocycles. The smallest absolute Gasteiger partial charge is 0.410 e. The number of piperazine rings is 1. The number of para-hydroxylation sites is 1. The number of aryl methyl sites for hydroxylation is 2. The largest absolute Gasteiger partial charge is 0.444 e. The minimum absolute atomic E-state index is 0.00248. The first-order valence-electron chi connectivity index (χ1n) is 13.4. The first kappa shape index (κ1) is 27.3. The number of hydrogen-bond acceptors (Lipinski definition) is 6. The number of nitrogens with one attached hydrogen (secondary N) is 1. The van der Waals surface area contributed by atoms with Crippen molar-refractivity contribution in [1.82, 2.24) is 9.80 Å². The van der Waals surface area contributed by atoms with Crippen molar-refractivity contribution in [2.75, 3.05) is 49.5 Å². The molecule has 202 valence electrons. The molecule has 0 saturated carbocycles. The van der Waals surface area contributed by atoms with Crippen LogP contribution in [0.25, 0.3) is 0 Å². The van der Waals surface area contributed by atoms with E-state index in [9.17, 15) is 14.9 Å². The van der Waals surface area contributed by atoms with E-state index in [1.54, 1.807) is 4.90 Å². The van der Waals surface area contributed by atoms with Crippen LogP contribution in [0.3, 0.4) is 0 Å². The fourth-order valence-corrected chi connectivity index (χ4v) is 5.16. The van der Waals surface area contributed by atoms with Gasteiger partial charge in [0.05, 0.1) is 11.3 Å². The number of ether oxygens (including phenoxy) is 1. The standard InChI is InChI=1S/C30H39N5O3/c1-21-18-22(2)26(32-24-10-12-33(13-11-24)27-9-7-6-8-23(27)20-31)19-25(21)28(36)34-14-16-35(17-15-34)29(37)38-30(3,4)5/h6-9,18-19,24,32H,10-17H2,1-5H3. The van der Waals surface area contributed by atoms with Crippen LogP contribution < -0.4 is 10.2 Å². The molecule has 0 unspecified atom stereocenters. The van der Waals surface area contributed by atoms with E-state index >= 15 is 0 Å². The average molecular weight is 518 g/mol. The molecule has 0 bridgehead atoms. The van der Waals surface area contributed by atoms with Gasteiger partial charge in [-0.3, -0.25) is 4.79 Å². The van der Waals surface area contributed by atoms with Crippen LogP contribution in [0.5, 0.6) is 0 Å². The Labute approximate surface area is 226 Å². The van der Waals surface area contributed by atoms with Gasteiger partial charge in [0.1, 0.15) is 11.7 Å². The third-order valence-corrected chi connectivity index (χ3v) is 7.24. The van der Waals surface area contributed by atoms with Gasteiger partial charge in [-0.1, -0.05) is 18.2 Å². The SMILES string of the molecule is Cc1cc(C)c(C(=O)N2CCN(C(=O)OC(C)(C)C)CC2)cc1NC1CCN(c2ccccc2C#N)CC1. The van der Waals surface area contributed by atoms with Gasteiger partial charge in [-0.15, -0.1) is 0 Å². The molecule has 1 N–H and O–H groups in total. The molecule has 0 aliphatic carbocycles. The number of carbonyl (C=O) groups is 2. The minimum atomic E-state index is -0.538. The number of nitrogens with zero attached hydrogens (tertiary/aromatic N) is 4. The van der Waals surface area contributed by atoms with Gasteiger partial charge >= 0.3 is 6.09 Å². The highest BCUT2D eigenvalue weighted by molar-refractivity contribution is 5.97. The van der Waals surface area contributed by atoms with Crippen molar-refractivity contribution in [2.24, 2.45) is 0 Å². The van der Waals surface area contributed by atoms with E-state index < -0.39 is 5.60 Å². The van der Waals surface area contributed by atoms with Gasteiger partial charge in [0.2, 0.25) is 0 Å². The Hall–Kier alpha value is -3.73. The normalized spacial score (nSPS) is 16.7. The number of carbonyl (C=O) groups excluding carboxylic acids is 2. The molecule has 2 amide bonds. The zero-order valence-electron chi connectivity index (χ0n) is 23.2. The van der Waals surface area contributed by atoms with Crippen molar-refractivity contribution in [1.29, 1.82) is 5.26 Å². The number of rotatable bonds is 4. The highest BCUT2D eigenvalue weighted by atomic mass is 16.6. The molecule has 2 fully saturated rings. The molecule has 0 radical (unpaired) electrons. The summed E-state index contributed by atoms with van der Waals surface area (Å²) in [6.07, 6.45) is 1.57. The number of amides is 2. The maximum absolute atomic E-state index is 13.5. The molecule has 8 heteroatoms. The van der Waals surface area contributed by atoms with Crippen LogP contribution in [0.2, 0.25) is 0 Å². The summed E-state index contributed by atoms with van der Waals surface area (Å²) in [4.78, 5) is 31.6. The molecular formula is C30H39N5O3. The lowest BCUT2D eigenvalue weighted by molar-refractivity contribution is 0.0140. The topological polar surface area (TPSA) is 88.9 Å². The zero-order valence-corrected chi connectivity index (χ0v) is 23.2. The first-order valence-corrected chi connectivity index (χ1v) is 13.4. The molecule has 38 heavy (non-hydrogen) atoms. The third kappa shape index (κ3) is 6.39. The average Bonchev–Trinajstić information content (AvgIpc) is 2.89. The van der Waals surface area contributed by atoms with Crippen molar-refractivity contribution in [3.8, 4) is 6.07 Å². The van der Waals surface area contributed by atoms with Crippen molar-refractivity contribution >= 4 is 23.4 Å². The van der Waals surface area contributed by atoms with Gasteiger partial charge in [0.15, 0.2) is 0 Å². The van der Waals surface area contributed by atoms with E-state index in [1.165, 1.54) is 0 Å². The lowest BCUT2D eigenvalue weighted by Gasteiger charge is -2.36. The summed E-state index contributed by atoms with van der Waals surface area (Å²) in [7, 11) is 0. The Balaban J connectivity index is 1.37. The highest BCUT2D eigenvalue weighted by Crippen LogP contribution is 2.28. The molecule has 2 aliphatic rings. The molecule has 2 aromatic carbocycles. The van der Waals surface area contributed by atoms with Crippen LogP contribution in [0.1, 0.15) is 60.7 Å². The van der Waals surface area contributed by atoms with Crippen LogP contribution in [0, 0.1) is 25.2 Å². The van der Waals surface area contributed by atoms with Crippen LogP contribution in [0.4, 0.5) is 16.2 Å². The van der Waals surface area contributed by atoms with E-state index in [-0.39, 0.29) is 12.0 Å². The lowest BCUT2D eigenvalue weighted by atomic mass is 9.99. The Morgan fingerprint density at radius 1 is 0.947 bits per heavy atom. The van der Waals surface area contributed by atoms with Crippen molar-refractivity contribution < 1.29 is 14.3 Å². The number of benzene rings is 2. The van der Waals surface area contributed by atoms with Gasteiger partial charge in [-0.2, -0.15) is 5.26 Å². The Kier molecular flexibility index (Phi) is 8.15. The summed E-state index contributed by atoms with van der Waals surface area (Å²) < 4.78 is 5.48. The van der Waals surface area contributed by atoms with Gasteiger partial charge in [0.25, 0.3) is 5.91 Å². The van der Waals surface area contributed by atoms with Gasteiger partial charge in [-0.05, 0) is 76.8 Å². The van der Waals surface area contributed by atoms with Crippen molar-refractivity contribution in [3.63, 3.8) is 0 Å².